The maximum absolute atomic E-state index is 13.8. The molecule has 0 bridgehead atoms. The van der Waals surface area contributed by atoms with Crippen LogP contribution >= 0.6 is 0 Å². The lowest BCUT2D eigenvalue weighted by Crippen LogP contribution is -2.53. The molecule has 3 aromatic rings. The summed E-state index contributed by atoms with van der Waals surface area (Å²) in [6, 6.07) is 23.4. The number of rotatable bonds is 10. The van der Waals surface area contributed by atoms with Crippen molar-refractivity contribution in [1.29, 1.82) is 0 Å². The molecule has 1 atom stereocenters. The third-order valence-electron chi connectivity index (χ3n) is 7.35. The number of hydrogen-bond acceptors (Lipinski definition) is 3. The first-order chi connectivity index (χ1) is 17.9. The number of aryl methyl sites for hydroxylation is 2. The van der Waals surface area contributed by atoms with Crippen molar-refractivity contribution in [2.45, 2.75) is 71.5 Å². The van der Waals surface area contributed by atoms with Crippen LogP contribution in [-0.2, 0) is 22.6 Å². The van der Waals surface area contributed by atoms with Gasteiger partial charge in [-0.05, 0) is 61.9 Å². The SMILES string of the molecule is Cc1ccc(CN(C(=O)COc2cccc(C)c2C)C(Cc2ccccc2)C(=O)NC2CCCC2)cc1. The molecule has 1 saturated carbocycles. The zero-order valence-electron chi connectivity index (χ0n) is 22.2. The minimum absolute atomic E-state index is 0.0945. The lowest BCUT2D eigenvalue weighted by Gasteiger charge is -2.32. The average molecular weight is 499 g/mol. The molecule has 194 valence electrons. The van der Waals surface area contributed by atoms with Crippen LogP contribution in [0, 0.1) is 20.8 Å². The van der Waals surface area contributed by atoms with Crippen LogP contribution in [0.15, 0.2) is 72.8 Å². The Bertz CT molecular complexity index is 1180. The van der Waals surface area contributed by atoms with E-state index in [0.29, 0.717) is 18.7 Å². The van der Waals surface area contributed by atoms with Crippen molar-refractivity contribution >= 4 is 11.8 Å². The molecule has 0 aromatic heterocycles. The first kappa shape index (κ1) is 26.5. The van der Waals surface area contributed by atoms with Crippen molar-refractivity contribution in [2.24, 2.45) is 0 Å². The normalized spacial score (nSPS) is 14.2. The van der Waals surface area contributed by atoms with Crippen molar-refractivity contribution in [2.75, 3.05) is 6.61 Å². The van der Waals surface area contributed by atoms with Crippen LogP contribution in [0.2, 0.25) is 0 Å². The van der Waals surface area contributed by atoms with Gasteiger partial charge in [0.25, 0.3) is 5.91 Å². The van der Waals surface area contributed by atoms with Gasteiger partial charge in [-0.25, -0.2) is 0 Å². The van der Waals surface area contributed by atoms with Gasteiger partial charge in [-0.1, -0.05) is 85.1 Å². The monoisotopic (exact) mass is 498 g/mol. The van der Waals surface area contributed by atoms with Gasteiger partial charge in [-0.2, -0.15) is 0 Å². The fraction of sp³-hybridized carbons (Fsp3) is 0.375. The standard InChI is InChI=1S/C32H38N2O3/c1-23-16-18-27(19-17-23)21-34(31(35)22-37-30-15-9-10-24(2)25(30)3)29(20-26-11-5-4-6-12-26)32(36)33-28-13-7-8-14-28/h4-6,9-12,15-19,28-29H,7-8,13-14,20-22H2,1-3H3,(H,33,36). The quantitative estimate of drug-likeness (QED) is 0.391. The summed E-state index contributed by atoms with van der Waals surface area (Å²) in [7, 11) is 0. The molecular formula is C32H38N2O3. The molecule has 37 heavy (non-hydrogen) atoms. The molecule has 1 unspecified atom stereocenters. The lowest BCUT2D eigenvalue weighted by atomic mass is 10.0. The molecule has 5 nitrogen and oxygen atoms in total. The molecule has 4 rings (SSSR count). The molecule has 0 spiro atoms. The second-order valence-corrected chi connectivity index (χ2v) is 10.2. The number of nitrogens with zero attached hydrogens (tertiary/aromatic N) is 1. The third kappa shape index (κ3) is 7.22. The zero-order valence-corrected chi connectivity index (χ0v) is 22.2. The van der Waals surface area contributed by atoms with Crippen molar-refractivity contribution < 1.29 is 14.3 Å². The molecular weight excluding hydrogens is 460 g/mol. The Kier molecular flexibility index (Phi) is 8.99. The van der Waals surface area contributed by atoms with E-state index in [1.54, 1.807) is 4.90 Å². The van der Waals surface area contributed by atoms with Crippen LogP contribution in [0.4, 0.5) is 0 Å². The number of hydrogen-bond donors (Lipinski definition) is 1. The van der Waals surface area contributed by atoms with Gasteiger partial charge in [-0.3, -0.25) is 9.59 Å². The van der Waals surface area contributed by atoms with Crippen molar-refractivity contribution in [3.05, 3.63) is 101 Å². The number of nitrogens with one attached hydrogen (secondary N) is 1. The number of amides is 2. The van der Waals surface area contributed by atoms with E-state index < -0.39 is 6.04 Å². The van der Waals surface area contributed by atoms with Gasteiger partial charge in [0.05, 0.1) is 0 Å². The molecule has 1 aliphatic carbocycles. The summed E-state index contributed by atoms with van der Waals surface area (Å²) < 4.78 is 6.01. The Morgan fingerprint density at radius 2 is 1.59 bits per heavy atom. The van der Waals surface area contributed by atoms with Gasteiger partial charge < -0.3 is 15.0 Å². The van der Waals surface area contributed by atoms with Crippen LogP contribution in [0.1, 0.15) is 53.5 Å². The molecule has 0 radical (unpaired) electrons. The summed E-state index contributed by atoms with van der Waals surface area (Å²) in [5, 5.41) is 3.25. The van der Waals surface area contributed by atoms with Gasteiger partial charge in [0.1, 0.15) is 11.8 Å². The fourth-order valence-electron chi connectivity index (χ4n) is 4.91. The topological polar surface area (TPSA) is 58.6 Å². The summed E-state index contributed by atoms with van der Waals surface area (Å²) in [6.45, 7) is 6.27. The summed E-state index contributed by atoms with van der Waals surface area (Å²) in [5.74, 6) is 0.394. The van der Waals surface area contributed by atoms with Crippen molar-refractivity contribution in [3.63, 3.8) is 0 Å². The largest absolute Gasteiger partial charge is 0.483 e. The third-order valence-corrected chi connectivity index (χ3v) is 7.35. The van der Waals surface area contributed by atoms with E-state index >= 15 is 0 Å². The second-order valence-electron chi connectivity index (χ2n) is 10.2. The first-order valence-corrected chi connectivity index (χ1v) is 13.3. The summed E-state index contributed by atoms with van der Waals surface area (Å²) in [6.07, 6.45) is 4.69. The van der Waals surface area contributed by atoms with Crippen LogP contribution in [0.25, 0.3) is 0 Å². The second kappa shape index (κ2) is 12.6. The minimum Gasteiger partial charge on any atom is -0.483 e. The molecule has 0 heterocycles. The highest BCUT2D eigenvalue weighted by Crippen LogP contribution is 2.22. The molecule has 1 aliphatic rings. The molecule has 1 fully saturated rings. The Balaban J connectivity index is 1.62. The number of benzene rings is 3. The van der Waals surface area contributed by atoms with Gasteiger partial charge in [0.2, 0.25) is 5.91 Å². The van der Waals surface area contributed by atoms with Gasteiger partial charge in [-0.15, -0.1) is 0 Å². The van der Waals surface area contributed by atoms with Crippen LogP contribution in [0.5, 0.6) is 5.75 Å². The van der Waals surface area contributed by atoms with Crippen LogP contribution in [-0.4, -0.2) is 35.4 Å². The Hall–Kier alpha value is -3.60. The maximum atomic E-state index is 13.8. The van der Waals surface area contributed by atoms with Crippen LogP contribution < -0.4 is 10.1 Å². The highest BCUT2D eigenvalue weighted by atomic mass is 16.5. The van der Waals surface area contributed by atoms with E-state index in [2.05, 4.69) is 5.32 Å². The number of ether oxygens (including phenoxy) is 1. The summed E-state index contributed by atoms with van der Waals surface area (Å²) in [5.41, 5.74) is 5.28. The molecule has 0 saturated heterocycles. The molecule has 2 amide bonds. The van der Waals surface area contributed by atoms with E-state index in [0.717, 1.165) is 53.5 Å². The molecule has 5 heteroatoms. The maximum Gasteiger partial charge on any atom is 0.261 e. The number of carbonyl (C=O) groups is 2. The predicted octanol–water partition coefficient (Wildman–Crippen LogP) is 5.69. The smallest absolute Gasteiger partial charge is 0.261 e. The van der Waals surface area contributed by atoms with Gasteiger partial charge in [0.15, 0.2) is 6.61 Å². The van der Waals surface area contributed by atoms with E-state index in [-0.39, 0.29) is 24.5 Å². The first-order valence-electron chi connectivity index (χ1n) is 13.3. The summed E-state index contributed by atoms with van der Waals surface area (Å²) >= 11 is 0. The Morgan fingerprint density at radius 1 is 0.892 bits per heavy atom. The van der Waals surface area contributed by atoms with Crippen molar-refractivity contribution in [1.82, 2.24) is 10.2 Å². The van der Waals surface area contributed by atoms with E-state index in [1.807, 2.05) is 93.6 Å². The van der Waals surface area contributed by atoms with E-state index in [9.17, 15) is 9.59 Å². The van der Waals surface area contributed by atoms with E-state index in [4.69, 9.17) is 4.74 Å². The van der Waals surface area contributed by atoms with Gasteiger partial charge in [0, 0.05) is 19.0 Å². The van der Waals surface area contributed by atoms with E-state index in [1.165, 1.54) is 0 Å². The Labute approximate surface area is 220 Å². The zero-order chi connectivity index (χ0) is 26.2. The van der Waals surface area contributed by atoms with Gasteiger partial charge >= 0.3 is 0 Å². The summed E-state index contributed by atoms with van der Waals surface area (Å²) in [4.78, 5) is 29.2. The number of carbonyl (C=O) groups excluding carboxylic acids is 2. The molecule has 0 aliphatic heterocycles. The molecule has 3 aromatic carbocycles. The highest BCUT2D eigenvalue weighted by molar-refractivity contribution is 5.88. The minimum atomic E-state index is -0.640. The molecule has 1 N–H and O–H groups in total. The average Bonchev–Trinajstić information content (AvgIpc) is 3.41. The fourth-order valence-corrected chi connectivity index (χ4v) is 4.91. The highest BCUT2D eigenvalue weighted by Gasteiger charge is 2.32. The van der Waals surface area contributed by atoms with Crippen molar-refractivity contribution in [3.8, 4) is 5.75 Å². The Morgan fingerprint density at radius 3 is 2.30 bits per heavy atom. The predicted molar refractivity (Wildman–Crippen MR) is 147 cm³/mol. The lowest BCUT2D eigenvalue weighted by molar-refractivity contribution is -0.143. The van der Waals surface area contributed by atoms with Crippen LogP contribution in [0.3, 0.4) is 0 Å².